The van der Waals surface area contributed by atoms with Crippen LogP contribution >= 0.6 is 11.8 Å². The van der Waals surface area contributed by atoms with Gasteiger partial charge < -0.3 is 10.2 Å². The van der Waals surface area contributed by atoms with Gasteiger partial charge in [-0.05, 0) is 25.1 Å². The Balaban J connectivity index is 2.30. The predicted molar refractivity (Wildman–Crippen MR) is 62.4 cm³/mol. The van der Waals surface area contributed by atoms with Crippen LogP contribution in [0.3, 0.4) is 0 Å². The number of hydrogen-bond donors (Lipinski definition) is 1. The van der Waals surface area contributed by atoms with Crippen LogP contribution in [0.4, 0.5) is 5.69 Å². The van der Waals surface area contributed by atoms with Crippen LogP contribution in [0.25, 0.3) is 0 Å². The number of nitrogens with two attached hydrogens (primary N) is 1. The largest absolute Gasteiger partial charge is 0.439 e. The summed E-state index contributed by atoms with van der Waals surface area (Å²) in [4.78, 5) is 4.22. The zero-order chi connectivity index (χ0) is 11.7. The van der Waals surface area contributed by atoms with Gasteiger partial charge in [0.15, 0.2) is 0 Å². The zero-order valence-electron chi connectivity index (χ0n) is 9.52. The van der Waals surface area contributed by atoms with E-state index in [1.165, 1.54) is 11.8 Å². The minimum absolute atomic E-state index is 0.592. The molecule has 6 heteroatoms. The van der Waals surface area contributed by atoms with Crippen LogP contribution in [-0.4, -0.2) is 14.8 Å². The minimum atomic E-state index is 0.592. The van der Waals surface area contributed by atoms with E-state index in [1.54, 1.807) is 10.9 Å². The van der Waals surface area contributed by atoms with Crippen molar-refractivity contribution in [1.29, 1.82) is 0 Å². The highest BCUT2D eigenvalue weighted by Gasteiger charge is 2.15. The summed E-state index contributed by atoms with van der Waals surface area (Å²) in [7, 11) is 1.87. The molecule has 2 heterocycles. The summed E-state index contributed by atoms with van der Waals surface area (Å²) in [5.41, 5.74) is 8.48. The van der Waals surface area contributed by atoms with Gasteiger partial charge in [-0.3, -0.25) is 4.68 Å². The Morgan fingerprint density at radius 1 is 1.56 bits per heavy atom. The molecule has 5 nitrogen and oxygen atoms in total. The number of nitrogens with zero attached hydrogens (tertiary/aromatic N) is 3. The first-order chi connectivity index (χ1) is 7.61. The van der Waals surface area contributed by atoms with Crippen LogP contribution in [0, 0.1) is 6.92 Å². The third-order valence-electron chi connectivity index (χ3n) is 2.22. The molecule has 0 bridgehead atoms. The SMILES string of the molecule is CCc1nn(C)c(Sc2nc(C)co2)c1N. The molecule has 0 radical (unpaired) electrons. The normalized spacial score (nSPS) is 10.9. The molecule has 2 aromatic heterocycles. The maximum Gasteiger partial charge on any atom is 0.262 e. The summed E-state index contributed by atoms with van der Waals surface area (Å²) in [6.45, 7) is 3.92. The van der Waals surface area contributed by atoms with Crippen molar-refractivity contribution in [2.45, 2.75) is 30.5 Å². The lowest BCUT2D eigenvalue weighted by molar-refractivity contribution is 0.453. The van der Waals surface area contributed by atoms with E-state index in [-0.39, 0.29) is 0 Å². The number of aryl methyl sites for hydroxylation is 3. The van der Waals surface area contributed by atoms with Crippen molar-refractivity contribution >= 4 is 17.4 Å². The second-order valence-electron chi connectivity index (χ2n) is 3.50. The summed E-state index contributed by atoms with van der Waals surface area (Å²) < 4.78 is 7.04. The van der Waals surface area contributed by atoms with E-state index >= 15 is 0 Å². The highest BCUT2D eigenvalue weighted by molar-refractivity contribution is 7.99. The third kappa shape index (κ3) is 1.92. The lowest BCUT2D eigenvalue weighted by Crippen LogP contribution is -1.93. The number of hydrogen-bond acceptors (Lipinski definition) is 5. The predicted octanol–water partition coefficient (Wildman–Crippen LogP) is 2.01. The van der Waals surface area contributed by atoms with E-state index in [2.05, 4.69) is 10.1 Å². The quantitative estimate of drug-likeness (QED) is 0.885. The molecule has 0 amide bonds. The first kappa shape index (κ1) is 11.1. The summed E-state index contributed by atoms with van der Waals surface area (Å²) in [6, 6.07) is 0. The highest BCUT2D eigenvalue weighted by Crippen LogP contribution is 2.32. The Bertz CT molecular complexity index is 503. The molecule has 0 saturated carbocycles. The first-order valence-corrected chi connectivity index (χ1v) is 5.84. The van der Waals surface area contributed by atoms with E-state index in [1.807, 2.05) is 20.9 Å². The Hall–Kier alpha value is -1.43. The van der Waals surface area contributed by atoms with Gasteiger partial charge in [-0.25, -0.2) is 4.98 Å². The summed E-state index contributed by atoms with van der Waals surface area (Å²) in [5, 5.41) is 5.80. The lowest BCUT2D eigenvalue weighted by Gasteiger charge is -1.98. The maximum atomic E-state index is 6.00. The molecule has 16 heavy (non-hydrogen) atoms. The molecule has 0 aliphatic heterocycles. The second kappa shape index (κ2) is 4.21. The van der Waals surface area contributed by atoms with Crippen LogP contribution in [0.1, 0.15) is 18.3 Å². The van der Waals surface area contributed by atoms with E-state index in [0.29, 0.717) is 10.9 Å². The first-order valence-electron chi connectivity index (χ1n) is 5.03. The lowest BCUT2D eigenvalue weighted by atomic mass is 10.3. The smallest absolute Gasteiger partial charge is 0.262 e. The van der Waals surface area contributed by atoms with Crippen LogP contribution in [-0.2, 0) is 13.5 Å². The molecular formula is C10H14N4OS. The summed E-state index contributed by atoms with van der Waals surface area (Å²) >= 11 is 1.40. The molecule has 0 spiro atoms. The van der Waals surface area contributed by atoms with Crippen molar-refractivity contribution in [3.05, 3.63) is 17.7 Å². The molecule has 0 aliphatic rings. The van der Waals surface area contributed by atoms with E-state index in [0.717, 1.165) is 22.8 Å². The molecule has 2 rings (SSSR count). The van der Waals surface area contributed by atoms with Gasteiger partial charge in [-0.1, -0.05) is 6.92 Å². The highest BCUT2D eigenvalue weighted by atomic mass is 32.2. The number of aromatic nitrogens is 3. The Morgan fingerprint density at radius 3 is 2.81 bits per heavy atom. The molecule has 0 saturated heterocycles. The van der Waals surface area contributed by atoms with Gasteiger partial charge in [0.05, 0.1) is 17.1 Å². The number of rotatable bonds is 3. The van der Waals surface area contributed by atoms with Crippen molar-refractivity contribution in [3.8, 4) is 0 Å². The Labute approximate surface area is 98.0 Å². The fourth-order valence-corrected chi connectivity index (χ4v) is 2.27. The van der Waals surface area contributed by atoms with Crippen molar-refractivity contribution in [2.75, 3.05) is 5.73 Å². The fraction of sp³-hybridized carbons (Fsp3) is 0.400. The van der Waals surface area contributed by atoms with Gasteiger partial charge in [-0.15, -0.1) is 0 Å². The minimum Gasteiger partial charge on any atom is -0.439 e. The van der Waals surface area contributed by atoms with E-state index in [4.69, 9.17) is 10.2 Å². The molecule has 0 aromatic carbocycles. The van der Waals surface area contributed by atoms with Gasteiger partial charge in [0, 0.05) is 7.05 Å². The van der Waals surface area contributed by atoms with Gasteiger partial charge in [0.1, 0.15) is 11.3 Å². The van der Waals surface area contributed by atoms with E-state index in [9.17, 15) is 0 Å². The van der Waals surface area contributed by atoms with Crippen LogP contribution < -0.4 is 5.73 Å². The molecule has 0 atom stereocenters. The molecule has 2 N–H and O–H groups in total. The Kier molecular flexibility index (Phi) is 2.91. The van der Waals surface area contributed by atoms with Gasteiger partial charge in [-0.2, -0.15) is 5.10 Å². The van der Waals surface area contributed by atoms with E-state index < -0.39 is 0 Å². The maximum absolute atomic E-state index is 6.00. The standard InChI is InChI=1S/C10H14N4OS/c1-4-7-8(11)9(14(3)13-7)16-10-12-6(2)5-15-10/h5H,4,11H2,1-3H3. The number of oxazole rings is 1. The molecule has 0 unspecified atom stereocenters. The van der Waals surface area contributed by atoms with Crippen molar-refractivity contribution in [2.24, 2.45) is 7.05 Å². The summed E-state index contributed by atoms with van der Waals surface area (Å²) in [6.07, 6.45) is 2.44. The molecular weight excluding hydrogens is 224 g/mol. The van der Waals surface area contributed by atoms with Crippen LogP contribution in [0.5, 0.6) is 0 Å². The molecule has 86 valence electrons. The van der Waals surface area contributed by atoms with Crippen molar-refractivity contribution < 1.29 is 4.42 Å². The topological polar surface area (TPSA) is 69.9 Å². The average Bonchev–Trinajstić information content (AvgIpc) is 2.77. The Morgan fingerprint density at radius 2 is 2.31 bits per heavy atom. The van der Waals surface area contributed by atoms with Crippen LogP contribution in [0.2, 0.25) is 0 Å². The second-order valence-corrected chi connectivity index (χ2v) is 4.44. The average molecular weight is 238 g/mol. The van der Waals surface area contributed by atoms with Gasteiger partial charge >= 0.3 is 0 Å². The monoisotopic (exact) mass is 238 g/mol. The fourth-order valence-electron chi connectivity index (χ4n) is 1.42. The van der Waals surface area contributed by atoms with Gasteiger partial charge in [0.25, 0.3) is 5.22 Å². The summed E-state index contributed by atoms with van der Waals surface area (Å²) in [5.74, 6) is 0. The molecule has 2 aromatic rings. The van der Waals surface area contributed by atoms with Crippen molar-refractivity contribution in [1.82, 2.24) is 14.8 Å². The zero-order valence-corrected chi connectivity index (χ0v) is 10.3. The molecule has 0 fully saturated rings. The van der Waals surface area contributed by atoms with Crippen LogP contribution in [0.15, 0.2) is 20.9 Å². The molecule has 0 aliphatic carbocycles. The third-order valence-corrected chi connectivity index (χ3v) is 3.26. The van der Waals surface area contributed by atoms with Gasteiger partial charge in [0.2, 0.25) is 0 Å². The van der Waals surface area contributed by atoms with Crippen molar-refractivity contribution in [3.63, 3.8) is 0 Å². The number of nitrogen functional groups attached to an aromatic ring is 1. The number of anilines is 1.